The second kappa shape index (κ2) is 8.71. The van der Waals surface area contributed by atoms with Gasteiger partial charge in [-0.2, -0.15) is 0 Å². The summed E-state index contributed by atoms with van der Waals surface area (Å²) in [5.41, 5.74) is 6.32. The zero-order chi connectivity index (χ0) is 20.2. The first kappa shape index (κ1) is 21.2. The van der Waals surface area contributed by atoms with E-state index < -0.39 is 23.4 Å². The van der Waals surface area contributed by atoms with Crippen LogP contribution < -0.4 is 16.4 Å². The van der Waals surface area contributed by atoms with E-state index >= 15 is 0 Å². The summed E-state index contributed by atoms with van der Waals surface area (Å²) in [6.07, 6.45) is 0. The highest BCUT2D eigenvalue weighted by Gasteiger charge is 2.21. The molecule has 5 N–H and O–H groups in total. The molecule has 1 atom stereocenters. The van der Waals surface area contributed by atoms with E-state index in [-0.39, 0.29) is 17.2 Å². The maximum atomic E-state index is 12.4. The quantitative estimate of drug-likeness (QED) is 0.587. The first-order valence-corrected chi connectivity index (χ1v) is 8.93. The Hall–Kier alpha value is -2.12. The molecule has 0 spiro atoms. The number of carbonyl (C=O) groups excluding carboxylic acids is 2. The molecule has 0 radical (unpaired) electrons. The Labute approximate surface area is 167 Å². The van der Waals surface area contributed by atoms with Crippen LogP contribution in [0.1, 0.15) is 35.8 Å². The van der Waals surface area contributed by atoms with Crippen molar-refractivity contribution in [2.24, 2.45) is 5.73 Å². The molecule has 2 rings (SSSR count). The third-order valence-electron chi connectivity index (χ3n) is 3.76. The molecule has 0 aliphatic carbocycles. The van der Waals surface area contributed by atoms with E-state index in [1.165, 1.54) is 18.2 Å². The van der Waals surface area contributed by atoms with E-state index in [0.717, 1.165) is 0 Å². The number of amides is 2. The second-order valence-corrected chi connectivity index (χ2v) is 7.62. The molecule has 144 valence electrons. The van der Waals surface area contributed by atoms with Gasteiger partial charge in [-0.3, -0.25) is 9.59 Å². The SMILES string of the molecule is CC(C)(CO)NC(=O)c1cc(Cl)cc(NC(=O)[C@@H](N)c2cccc(Cl)c2)c1. The summed E-state index contributed by atoms with van der Waals surface area (Å²) in [6, 6.07) is 10.2. The van der Waals surface area contributed by atoms with Crippen LogP contribution in [-0.4, -0.2) is 29.1 Å². The van der Waals surface area contributed by atoms with Crippen LogP contribution in [0.5, 0.6) is 0 Å². The van der Waals surface area contributed by atoms with Crippen molar-refractivity contribution in [2.75, 3.05) is 11.9 Å². The van der Waals surface area contributed by atoms with Gasteiger partial charge in [-0.05, 0) is 49.7 Å². The highest BCUT2D eigenvalue weighted by molar-refractivity contribution is 6.31. The third kappa shape index (κ3) is 5.94. The molecule has 8 heteroatoms. The number of halogens is 2. The standard InChI is InChI=1S/C19H21Cl2N3O3/c1-19(2,10-25)24-17(26)12-7-14(21)9-15(8-12)23-18(27)16(22)11-4-3-5-13(20)6-11/h3-9,16,25H,10,22H2,1-2H3,(H,23,27)(H,24,26)/t16-/m0/s1. The van der Waals surface area contributed by atoms with Crippen LogP contribution in [0.2, 0.25) is 10.0 Å². The number of nitrogens with one attached hydrogen (secondary N) is 2. The smallest absolute Gasteiger partial charge is 0.251 e. The number of nitrogens with two attached hydrogens (primary N) is 1. The zero-order valence-electron chi connectivity index (χ0n) is 14.9. The number of aliphatic hydroxyl groups is 1. The lowest BCUT2D eigenvalue weighted by atomic mass is 10.1. The first-order chi connectivity index (χ1) is 12.6. The van der Waals surface area contributed by atoms with Crippen molar-refractivity contribution in [1.82, 2.24) is 5.32 Å². The molecule has 0 saturated heterocycles. The Balaban J connectivity index is 2.18. The molecule has 2 aromatic carbocycles. The van der Waals surface area contributed by atoms with Gasteiger partial charge in [0.1, 0.15) is 6.04 Å². The van der Waals surface area contributed by atoms with Crippen molar-refractivity contribution < 1.29 is 14.7 Å². The van der Waals surface area contributed by atoms with Gasteiger partial charge in [0.25, 0.3) is 5.91 Å². The molecule has 0 heterocycles. The maximum Gasteiger partial charge on any atom is 0.251 e. The van der Waals surface area contributed by atoms with Crippen LogP contribution in [0.25, 0.3) is 0 Å². The van der Waals surface area contributed by atoms with Gasteiger partial charge in [0.15, 0.2) is 0 Å². The fourth-order valence-electron chi connectivity index (χ4n) is 2.28. The van der Waals surface area contributed by atoms with Crippen molar-refractivity contribution in [3.63, 3.8) is 0 Å². The summed E-state index contributed by atoms with van der Waals surface area (Å²) < 4.78 is 0. The second-order valence-electron chi connectivity index (χ2n) is 6.75. The number of aliphatic hydroxyl groups excluding tert-OH is 1. The van der Waals surface area contributed by atoms with E-state index in [2.05, 4.69) is 10.6 Å². The summed E-state index contributed by atoms with van der Waals surface area (Å²) >= 11 is 12.0. The fraction of sp³-hybridized carbons (Fsp3) is 0.263. The fourth-order valence-corrected chi connectivity index (χ4v) is 2.72. The van der Waals surface area contributed by atoms with Gasteiger partial charge in [0.05, 0.1) is 12.1 Å². The van der Waals surface area contributed by atoms with Gasteiger partial charge in [-0.15, -0.1) is 0 Å². The van der Waals surface area contributed by atoms with Gasteiger partial charge in [-0.25, -0.2) is 0 Å². The summed E-state index contributed by atoms with van der Waals surface area (Å²) in [7, 11) is 0. The number of anilines is 1. The Morgan fingerprint density at radius 3 is 2.48 bits per heavy atom. The van der Waals surface area contributed by atoms with Crippen LogP contribution in [0.15, 0.2) is 42.5 Å². The number of hydrogen-bond acceptors (Lipinski definition) is 4. The van der Waals surface area contributed by atoms with Gasteiger partial charge in [0, 0.05) is 21.3 Å². The first-order valence-electron chi connectivity index (χ1n) is 8.17. The van der Waals surface area contributed by atoms with E-state index in [1.54, 1.807) is 38.1 Å². The van der Waals surface area contributed by atoms with E-state index in [9.17, 15) is 14.7 Å². The molecule has 0 bridgehead atoms. The van der Waals surface area contributed by atoms with Crippen LogP contribution in [-0.2, 0) is 4.79 Å². The van der Waals surface area contributed by atoms with Crippen molar-refractivity contribution in [3.05, 3.63) is 63.6 Å². The average molecular weight is 410 g/mol. The Morgan fingerprint density at radius 1 is 1.15 bits per heavy atom. The molecule has 0 aliphatic rings. The highest BCUT2D eigenvalue weighted by atomic mass is 35.5. The molecule has 0 fully saturated rings. The zero-order valence-corrected chi connectivity index (χ0v) is 16.4. The molecular formula is C19H21Cl2N3O3. The van der Waals surface area contributed by atoms with Crippen molar-refractivity contribution in [3.8, 4) is 0 Å². The molecular weight excluding hydrogens is 389 g/mol. The molecule has 0 aromatic heterocycles. The minimum absolute atomic E-state index is 0.225. The third-order valence-corrected chi connectivity index (χ3v) is 4.22. The molecule has 6 nitrogen and oxygen atoms in total. The minimum atomic E-state index is -0.937. The molecule has 2 amide bonds. The van der Waals surface area contributed by atoms with E-state index in [0.29, 0.717) is 16.3 Å². The van der Waals surface area contributed by atoms with Gasteiger partial charge in [0.2, 0.25) is 5.91 Å². The van der Waals surface area contributed by atoms with Gasteiger partial charge in [-0.1, -0.05) is 35.3 Å². The minimum Gasteiger partial charge on any atom is -0.394 e. The molecule has 0 unspecified atom stereocenters. The number of hydrogen-bond donors (Lipinski definition) is 4. The van der Waals surface area contributed by atoms with Crippen molar-refractivity contribution in [1.29, 1.82) is 0 Å². The van der Waals surface area contributed by atoms with Gasteiger partial charge < -0.3 is 21.5 Å². The lowest BCUT2D eigenvalue weighted by molar-refractivity contribution is -0.117. The summed E-state index contributed by atoms with van der Waals surface area (Å²) in [5.74, 6) is -0.896. The Bertz CT molecular complexity index is 856. The Morgan fingerprint density at radius 2 is 1.85 bits per heavy atom. The largest absolute Gasteiger partial charge is 0.394 e. The van der Waals surface area contributed by atoms with Crippen LogP contribution in [0.4, 0.5) is 5.69 Å². The maximum absolute atomic E-state index is 12.4. The van der Waals surface area contributed by atoms with Crippen LogP contribution in [0.3, 0.4) is 0 Å². The normalized spacial score (nSPS) is 12.4. The number of carbonyl (C=O) groups is 2. The van der Waals surface area contributed by atoms with Crippen LogP contribution >= 0.6 is 23.2 Å². The average Bonchev–Trinajstić information content (AvgIpc) is 2.60. The van der Waals surface area contributed by atoms with Gasteiger partial charge >= 0.3 is 0 Å². The van der Waals surface area contributed by atoms with Crippen LogP contribution in [0, 0.1) is 0 Å². The molecule has 0 aliphatic heterocycles. The van der Waals surface area contributed by atoms with E-state index in [4.69, 9.17) is 28.9 Å². The predicted molar refractivity (Wildman–Crippen MR) is 107 cm³/mol. The molecule has 0 saturated carbocycles. The lowest BCUT2D eigenvalue weighted by Gasteiger charge is -2.23. The predicted octanol–water partition coefficient (Wildman–Crippen LogP) is 3.13. The topological polar surface area (TPSA) is 104 Å². The number of benzene rings is 2. The summed E-state index contributed by atoms with van der Waals surface area (Å²) in [4.78, 5) is 24.8. The lowest BCUT2D eigenvalue weighted by Crippen LogP contribution is -2.46. The Kier molecular flexibility index (Phi) is 6.84. The highest BCUT2D eigenvalue weighted by Crippen LogP contribution is 2.22. The van der Waals surface area contributed by atoms with Crippen molar-refractivity contribution in [2.45, 2.75) is 25.4 Å². The number of rotatable bonds is 6. The van der Waals surface area contributed by atoms with Crippen molar-refractivity contribution >= 4 is 40.7 Å². The summed E-state index contributed by atoms with van der Waals surface area (Å²) in [5, 5.41) is 15.4. The van der Waals surface area contributed by atoms with E-state index in [1.807, 2.05) is 0 Å². The molecule has 2 aromatic rings. The summed E-state index contributed by atoms with van der Waals surface area (Å²) in [6.45, 7) is 3.14. The molecule has 27 heavy (non-hydrogen) atoms. The monoisotopic (exact) mass is 409 g/mol.